The van der Waals surface area contributed by atoms with Crippen LogP contribution in [0.15, 0.2) is 29.6 Å². The van der Waals surface area contributed by atoms with Gasteiger partial charge in [0, 0.05) is 13.2 Å². The van der Waals surface area contributed by atoms with Gasteiger partial charge < -0.3 is 10.3 Å². The summed E-state index contributed by atoms with van der Waals surface area (Å²) in [5.41, 5.74) is 5.39. The zero-order chi connectivity index (χ0) is 13.2. The molecule has 9 heteroatoms. The quantitative estimate of drug-likeness (QED) is 0.755. The van der Waals surface area contributed by atoms with Crippen molar-refractivity contribution in [1.82, 2.24) is 24.5 Å². The molecule has 0 aromatic carbocycles. The number of anilines is 1. The second-order valence-corrected chi connectivity index (χ2v) is 5.37. The van der Waals surface area contributed by atoms with E-state index >= 15 is 0 Å². The van der Waals surface area contributed by atoms with Gasteiger partial charge in [0.05, 0.1) is 6.54 Å². The Bertz CT molecular complexity index is 633. The number of rotatable bonds is 4. The van der Waals surface area contributed by atoms with Crippen LogP contribution in [0.3, 0.4) is 0 Å². The standard InChI is InChI=1S/C9H12N6O2S/c1-15-6-12-14-9(15)5-13-18(16,17)7-2-3-8(10)11-4-7/h2-4,6,13H,5H2,1H3,(H2,10,11). The normalized spacial score (nSPS) is 11.6. The fourth-order valence-electron chi connectivity index (χ4n) is 1.26. The van der Waals surface area contributed by atoms with Crippen molar-refractivity contribution in [3.63, 3.8) is 0 Å². The molecule has 0 atom stereocenters. The third-order valence-corrected chi connectivity index (χ3v) is 3.68. The smallest absolute Gasteiger partial charge is 0.242 e. The number of hydrogen-bond acceptors (Lipinski definition) is 6. The second kappa shape index (κ2) is 4.70. The van der Waals surface area contributed by atoms with Gasteiger partial charge in [-0.1, -0.05) is 0 Å². The number of pyridine rings is 1. The molecule has 2 heterocycles. The van der Waals surface area contributed by atoms with Crippen LogP contribution in [0.25, 0.3) is 0 Å². The van der Waals surface area contributed by atoms with Crippen LogP contribution in [0.5, 0.6) is 0 Å². The monoisotopic (exact) mass is 268 g/mol. The van der Waals surface area contributed by atoms with E-state index in [1.165, 1.54) is 24.7 Å². The van der Waals surface area contributed by atoms with Crippen LogP contribution in [-0.4, -0.2) is 28.2 Å². The van der Waals surface area contributed by atoms with Gasteiger partial charge in [-0.2, -0.15) is 0 Å². The van der Waals surface area contributed by atoms with Crippen molar-refractivity contribution in [2.45, 2.75) is 11.4 Å². The van der Waals surface area contributed by atoms with Crippen molar-refractivity contribution < 1.29 is 8.42 Å². The van der Waals surface area contributed by atoms with E-state index in [0.29, 0.717) is 5.82 Å². The SMILES string of the molecule is Cn1cnnc1CNS(=O)(=O)c1ccc(N)nc1. The fourth-order valence-corrected chi connectivity index (χ4v) is 2.19. The molecule has 0 bridgehead atoms. The summed E-state index contributed by atoms with van der Waals surface area (Å²) in [5, 5.41) is 7.43. The molecule has 0 aliphatic carbocycles. The Morgan fingerprint density at radius 1 is 1.44 bits per heavy atom. The molecule has 0 fully saturated rings. The van der Waals surface area contributed by atoms with E-state index in [0.717, 1.165) is 0 Å². The van der Waals surface area contributed by atoms with E-state index in [4.69, 9.17) is 5.73 Å². The lowest BCUT2D eigenvalue weighted by Gasteiger charge is -2.05. The lowest BCUT2D eigenvalue weighted by atomic mass is 10.5. The average Bonchev–Trinajstić information content (AvgIpc) is 2.73. The van der Waals surface area contributed by atoms with E-state index in [1.807, 2.05) is 0 Å². The Morgan fingerprint density at radius 2 is 2.22 bits per heavy atom. The first kappa shape index (κ1) is 12.5. The third kappa shape index (κ3) is 2.63. The first-order valence-electron chi connectivity index (χ1n) is 5.03. The maximum atomic E-state index is 11.9. The van der Waals surface area contributed by atoms with Gasteiger partial charge in [-0.05, 0) is 12.1 Å². The van der Waals surface area contributed by atoms with Gasteiger partial charge in [0.1, 0.15) is 22.9 Å². The topological polar surface area (TPSA) is 116 Å². The summed E-state index contributed by atoms with van der Waals surface area (Å²) >= 11 is 0. The molecule has 0 aliphatic heterocycles. The molecule has 0 aliphatic rings. The second-order valence-electron chi connectivity index (χ2n) is 3.60. The summed E-state index contributed by atoms with van der Waals surface area (Å²) < 4.78 is 27.8. The number of sulfonamides is 1. The molecule has 0 spiro atoms. The predicted octanol–water partition coefficient (Wildman–Crippen LogP) is -0.729. The number of nitrogens with one attached hydrogen (secondary N) is 1. The third-order valence-electron chi connectivity index (χ3n) is 2.29. The number of aryl methyl sites for hydroxylation is 1. The number of nitrogen functional groups attached to an aromatic ring is 1. The number of nitrogens with two attached hydrogens (primary N) is 1. The average molecular weight is 268 g/mol. The van der Waals surface area contributed by atoms with Crippen molar-refractivity contribution >= 4 is 15.8 Å². The number of aromatic nitrogens is 4. The molecule has 18 heavy (non-hydrogen) atoms. The van der Waals surface area contributed by atoms with Gasteiger partial charge in [0.2, 0.25) is 10.0 Å². The minimum Gasteiger partial charge on any atom is -0.384 e. The van der Waals surface area contributed by atoms with E-state index in [1.54, 1.807) is 11.6 Å². The van der Waals surface area contributed by atoms with E-state index in [9.17, 15) is 8.42 Å². The summed E-state index contributed by atoms with van der Waals surface area (Å²) in [6.45, 7) is 0.0587. The van der Waals surface area contributed by atoms with E-state index in [2.05, 4.69) is 19.9 Å². The first-order valence-corrected chi connectivity index (χ1v) is 6.51. The Balaban J connectivity index is 2.13. The lowest BCUT2D eigenvalue weighted by molar-refractivity contribution is 0.577. The van der Waals surface area contributed by atoms with Crippen LogP contribution in [-0.2, 0) is 23.6 Å². The Kier molecular flexibility index (Phi) is 3.26. The Labute approximate surface area is 104 Å². The summed E-state index contributed by atoms with van der Waals surface area (Å²) in [7, 11) is -1.89. The minimum atomic E-state index is -3.62. The maximum absolute atomic E-state index is 11.9. The summed E-state index contributed by atoms with van der Waals surface area (Å²) in [6, 6.07) is 2.82. The molecule has 2 aromatic heterocycles. The van der Waals surface area contributed by atoms with Gasteiger partial charge in [0.25, 0.3) is 0 Å². The summed E-state index contributed by atoms with van der Waals surface area (Å²) in [4.78, 5) is 3.79. The molecular weight excluding hydrogens is 256 g/mol. The zero-order valence-corrected chi connectivity index (χ0v) is 10.4. The van der Waals surface area contributed by atoms with Crippen molar-refractivity contribution in [2.75, 3.05) is 5.73 Å². The van der Waals surface area contributed by atoms with Crippen LogP contribution >= 0.6 is 0 Å². The van der Waals surface area contributed by atoms with Crippen LogP contribution in [0.4, 0.5) is 5.82 Å². The molecule has 8 nitrogen and oxygen atoms in total. The van der Waals surface area contributed by atoms with Gasteiger partial charge in [-0.3, -0.25) is 0 Å². The lowest BCUT2D eigenvalue weighted by Crippen LogP contribution is -2.24. The van der Waals surface area contributed by atoms with Gasteiger partial charge >= 0.3 is 0 Å². The minimum absolute atomic E-state index is 0.0545. The van der Waals surface area contributed by atoms with Crippen LogP contribution in [0.2, 0.25) is 0 Å². The fraction of sp³-hybridized carbons (Fsp3) is 0.222. The van der Waals surface area contributed by atoms with Crippen molar-refractivity contribution in [1.29, 1.82) is 0 Å². The van der Waals surface area contributed by atoms with Crippen LogP contribution in [0, 0.1) is 0 Å². The van der Waals surface area contributed by atoms with Crippen LogP contribution in [0.1, 0.15) is 5.82 Å². The molecule has 0 radical (unpaired) electrons. The highest BCUT2D eigenvalue weighted by atomic mass is 32.2. The molecule has 0 saturated carbocycles. The molecule has 2 aromatic rings. The van der Waals surface area contributed by atoms with Crippen molar-refractivity contribution in [3.8, 4) is 0 Å². The maximum Gasteiger partial charge on any atom is 0.242 e. The van der Waals surface area contributed by atoms with Crippen molar-refractivity contribution in [2.24, 2.45) is 7.05 Å². The van der Waals surface area contributed by atoms with Crippen molar-refractivity contribution in [3.05, 3.63) is 30.5 Å². The predicted molar refractivity (Wildman–Crippen MR) is 63.7 cm³/mol. The van der Waals surface area contributed by atoms with Gasteiger partial charge in [0.15, 0.2) is 0 Å². The van der Waals surface area contributed by atoms with E-state index in [-0.39, 0.29) is 17.3 Å². The highest BCUT2D eigenvalue weighted by Gasteiger charge is 2.15. The Hall–Kier alpha value is -2.00. The van der Waals surface area contributed by atoms with Gasteiger partial charge in [-0.25, -0.2) is 18.1 Å². The highest BCUT2D eigenvalue weighted by Crippen LogP contribution is 2.08. The molecule has 96 valence electrons. The molecule has 0 amide bonds. The largest absolute Gasteiger partial charge is 0.384 e. The zero-order valence-electron chi connectivity index (χ0n) is 9.61. The highest BCUT2D eigenvalue weighted by molar-refractivity contribution is 7.89. The van der Waals surface area contributed by atoms with Crippen LogP contribution < -0.4 is 10.5 Å². The first-order chi connectivity index (χ1) is 8.49. The molecular formula is C9H12N6O2S. The van der Waals surface area contributed by atoms with E-state index < -0.39 is 10.0 Å². The molecule has 2 rings (SSSR count). The summed E-state index contributed by atoms with van der Waals surface area (Å²) in [5.74, 6) is 0.782. The Morgan fingerprint density at radius 3 is 2.78 bits per heavy atom. The number of nitrogens with zero attached hydrogens (tertiary/aromatic N) is 4. The van der Waals surface area contributed by atoms with Gasteiger partial charge in [-0.15, -0.1) is 10.2 Å². The molecule has 0 saturated heterocycles. The summed E-state index contributed by atoms with van der Waals surface area (Å²) in [6.07, 6.45) is 2.70. The number of hydrogen-bond donors (Lipinski definition) is 2. The molecule has 3 N–H and O–H groups in total. The molecule has 0 unspecified atom stereocenters.